The second-order valence-corrected chi connectivity index (χ2v) is 6.26. The van der Waals surface area contributed by atoms with Gasteiger partial charge in [-0.3, -0.25) is 4.79 Å². The van der Waals surface area contributed by atoms with Gasteiger partial charge in [0.25, 0.3) is 0 Å². The van der Waals surface area contributed by atoms with Gasteiger partial charge in [-0.05, 0) is 54.4 Å². The highest BCUT2D eigenvalue weighted by molar-refractivity contribution is 5.94. The number of carbonyl (C=O) groups is 1. The van der Waals surface area contributed by atoms with E-state index in [1.54, 1.807) is 55.6 Å². The van der Waals surface area contributed by atoms with Crippen LogP contribution in [0.2, 0.25) is 0 Å². The molecule has 0 heterocycles. The van der Waals surface area contributed by atoms with Crippen LogP contribution in [-0.4, -0.2) is 29.8 Å². The third kappa shape index (κ3) is 4.35. The minimum Gasteiger partial charge on any atom is -0.506 e. The SMILES string of the molecule is CNc1ccc(-c2ccc(NCOc3cccc(C(C)=O)c3)c(O)c2)cc1O. The molecule has 0 aliphatic carbocycles. The Kier molecular flexibility index (Phi) is 5.69. The Balaban J connectivity index is 1.67. The third-order valence-electron chi connectivity index (χ3n) is 4.34. The molecule has 4 N–H and O–H groups in total. The number of benzene rings is 3. The Morgan fingerprint density at radius 3 is 2.14 bits per heavy atom. The number of hydrogen-bond acceptors (Lipinski definition) is 6. The van der Waals surface area contributed by atoms with E-state index in [4.69, 9.17) is 4.74 Å². The summed E-state index contributed by atoms with van der Waals surface area (Å²) in [4.78, 5) is 11.4. The maximum Gasteiger partial charge on any atom is 0.159 e. The quantitative estimate of drug-likeness (QED) is 0.276. The van der Waals surface area contributed by atoms with Crippen LogP contribution < -0.4 is 15.4 Å². The van der Waals surface area contributed by atoms with Gasteiger partial charge in [0.1, 0.15) is 17.2 Å². The molecule has 6 nitrogen and oxygen atoms in total. The molecule has 3 aromatic carbocycles. The fraction of sp³-hybridized carbons (Fsp3) is 0.136. The molecule has 0 amide bonds. The average Bonchev–Trinajstić information content (AvgIpc) is 2.69. The zero-order valence-electron chi connectivity index (χ0n) is 15.7. The molecule has 0 aromatic heterocycles. The van der Waals surface area contributed by atoms with Crippen molar-refractivity contribution in [3.05, 3.63) is 66.2 Å². The lowest BCUT2D eigenvalue weighted by Gasteiger charge is -2.12. The summed E-state index contributed by atoms with van der Waals surface area (Å²) in [5.74, 6) is 0.746. The molecular formula is C22H22N2O4. The van der Waals surface area contributed by atoms with Crippen LogP contribution in [0, 0.1) is 0 Å². The van der Waals surface area contributed by atoms with Crippen LogP contribution in [0.3, 0.4) is 0 Å². The maximum absolute atomic E-state index is 11.4. The number of carbonyl (C=O) groups excluding carboxylic acids is 1. The fourth-order valence-electron chi connectivity index (χ4n) is 2.79. The number of hydrogen-bond donors (Lipinski definition) is 4. The number of rotatable bonds is 7. The van der Waals surface area contributed by atoms with Crippen molar-refractivity contribution in [2.45, 2.75) is 6.92 Å². The summed E-state index contributed by atoms with van der Waals surface area (Å²) < 4.78 is 5.60. The van der Waals surface area contributed by atoms with Gasteiger partial charge in [-0.1, -0.05) is 24.3 Å². The topological polar surface area (TPSA) is 90.8 Å². The molecule has 0 unspecified atom stereocenters. The van der Waals surface area contributed by atoms with E-state index in [1.807, 2.05) is 12.1 Å². The van der Waals surface area contributed by atoms with E-state index in [0.29, 0.717) is 22.7 Å². The maximum atomic E-state index is 11.4. The first kappa shape index (κ1) is 19.1. The monoisotopic (exact) mass is 378 g/mol. The number of aromatic hydroxyl groups is 2. The number of ketones is 1. The number of phenols is 2. The van der Waals surface area contributed by atoms with Gasteiger partial charge in [-0.15, -0.1) is 0 Å². The molecule has 0 saturated heterocycles. The second-order valence-electron chi connectivity index (χ2n) is 6.26. The normalized spacial score (nSPS) is 10.4. The molecule has 0 fully saturated rings. The van der Waals surface area contributed by atoms with Crippen molar-refractivity contribution in [2.75, 3.05) is 24.4 Å². The molecule has 6 heteroatoms. The van der Waals surface area contributed by atoms with Gasteiger partial charge in [0, 0.05) is 12.6 Å². The third-order valence-corrected chi connectivity index (χ3v) is 4.34. The Morgan fingerprint density at radius 1 is 0.929 bits per heavy atom. The van der Waals surface area contributed by atoms with Crippen LogP contribution in [0.4, 0.5) is 11.4 Å². The smallest absolute Gasteiger partial charge is 0.159 e. The molecule has 3 aromatic rings. The Bertz CT molecular complexity index is 1000. The lowest BCUT2D eigenvalue weighted by atomic mass is 10.0. The van der Waals surface area contributed by atoms with Crippen molar-refractivity contribution < 1.29 is 19.7 Å². The van der Waals surface area contributed by atoms with E-state index in [-0.39, 0.29) is 24.0 Å². The molecule has 28 heavy (non-hydrogen) atoms. The van der Waals surface area contributed by atoms with Crippen LogP contribution in [-0.2, 0) is 0 Å². The summed E-state index contributed by atoms with van der Waals surface area (Å²) in [5, 5.41) is 26.2. The summed E-state index contributed by atoms with van der Waals surface area (Å²) in [5.41, 5.74) is 3.30. The molecule has 0 aliphatic rings. The van der Waals surface area contributed by atoms with E-state index < -0.39 is 0 Å². The van der Waals surface area contributed by atoms with Crippen LogP contribution >= 0.6 is 0 Å². The van der Waals surface area contributed by atoms with Crippen molar-refractivity contribution in [1.82, 2.24) is 0 Å². The van der Waals surface area contributed by atoms with E-state index >= 15 is 0 Å². The van der Waals surface area contributed by atoms with Crippen molar-refractivity contribution in [1.29, 1.82) is 0 Å². The van der Waals surface area contributed by atoms with Crippen molar-refractivity contribution in [2.24, 2.45) is 0 Å². The van der Waals surface area contributed by atoms with Gasteiger partial charge in [-0.25, -0.2) is 0 Å². The molecule has 0 saturated carbocycles. The Labute approximate surface area is 163 Å². The first-order valence-corrected chi connectivity index (χ1v) is 8.80. The Morgan fingerprint density at radius 2 is 1.57 bits per heavy atom. The van der Waals surface area contributed by atoms with Crippen molar-refractivity contribution >= 4 is 17.2 Å². The number of ether oxygens (including phenoxy) is 1. The molecular weight excluding hydrogens is 356 g/mol. The lowest BCUT2D eigenvalue weighted by molar-refractivity contribution is 0.101. The van der Waals surface area contributed by atoms with Crippen LogP contribution in [0.5, 0.6) is 17.2 Å². The van der Waals surface area contributed by atoms with Gasteiger partial charge < -0.3 is 25.6 Å². The zero-order chi connectivity index (χ0) is 20.1. The summed E-state index contributed by atoms with van der Waals surface area (Å²) in [7, 11) is 1.74. The van der Waals surface area contributed by atoms with Gasteiger partial charge >= 0.3 is 0 Å². The van der Waals surface area contributed by atoms with Gasteiger partial charge in [0.15, 0.2) is 12.5 Å². The van der Waals surface area contributed by atoms with E-state index in [2.05, 4.69) is 10.6 Å². The van der Waals surface area contributed by atoms with Gasteiger partial charge in [0.2, 0.25) is 0 Å². The molecule has 0 bridgehead atoms. The molecule has 144 valence electrons. The summed E-state index contributed by atoms with van der Waals surface area (Å²) in [6.07, 6.45) is 0. The number of phenolic OH excluding ortho intramolecular Hbond substituents is 2. The summed E-state index contributed by atoms with van der Waals surface area (Å²) in [6.45, 7) is 1.63. The fourth-order valence-corrected chi connectivity index (χ4v) is 2.79. The zero-order valence-corrected chi connectivity index (χ0v) is 15.7. The highest BCUT2D eigenvalue weighted by Crippen LogP contribution is 2.33. The lowest BCUT2D eigenvalue weighted by Crippen LogP contribution is -2.09. The predicted octanol–water partition coefficient (Wildman–Crippen LogP) is 4.46. The summed E-state index contributed by atoms with van der Waals surface area (Å²) >= 11 is 0. The van der Waals surface area contributed by atoms with Gasteiger partial charge in [0.05, 0.1) is 11.4 Å². The van der Waals surface area contributed by atoms with E-state index in [1.165, 1.54) is 6.92 Å². The standard InChI is InChI=1S/C22H22N2O4/c1-14(25)15-4-3-5-18(10-15)28-13-24-20-9-7-17(12-22(20)27)16-6-8-19(23-2)21(26)11-16/h3-12,23-24,26-27H,13H2,1-2H3. The first-order valence-electron chi connectivity index (χ1n) is 8.80. The average molecular weight is 378 g/mol. The number of anilines is 2. The molecule has 0 radical (unpaired) electrons. The molecule has 0 atom stereocenters. The highest BCUT2D eigenvalue weighted by Gasteiger charge is 2.07. The van der Waals surface area contributed by atoms with Crippen molar-refractivity contribution in [3.8, 4) is 28.4 Å². The Hall–Kier alpha value is -3.67. The van der Waals surface area contributed by atoms with Crippen LogP contribution in [0.25, 0.3) is 11.1 Å². The summed E-state index contributed by atoms with van der Waals surface area (Å²) in [6, 6.07) is 17.4. The second kappa shape index (κ2) is 8.35. The van der Waals surface area contributed by atoms with E-state index in [0.717, 1.165) is 11.1 Å². The number of Topliss-reactive ketones (excluding diaryl/α,β-unsaturated/α-hetero) is 1. The number of nitrogens with one attached hydrogen (secondary N) is 2. The predicted molar refractivity (Wildman–Crippen MR) is 110 cm³/mol. The van der Waals surface area contributed by atoms with Gasteiger partial charge in [-0.2, -0.15) is 0 Å². The van der Waals surface area contributed by atoms with E-state index in [9.17, 15) is 15.0 Å². The minimum absolute atomic E-state index is 0.0274. The molecule has 3 rings (SSSR count). The molecule has 0 spiro atoms. The first-order chi connectivity index (χ1) is 13.5. The molecule has 0 aliphatic heterocycles. The largest absolute Gasteiger partial charge is 0.506 e. The minimum atomic E-state index is -0.0274. The van der Waals surface area contributed by atoms with Crippen LogP contribution in [0.1, 0.15) is 17.3 Å². The van der Waals surface area contributed by atoms with Crippen molar-refractivity contribution in [3.63, 3.8) is 0 Å². The van der Waals surface area contributed by atoms with Crippen LogP contribution in [0.15, 0.2) is 60.7 Å². The highest BCUT2D eigenvalue weighted by atomic mass is 16.5.